The lowest BCUT2D eigenvalue weighted by molar-refractivity contribution is 0.0595. The molecular weight excluding hydrogens is 926 g/mol. The average Bonchev–Trinajstić information content (AvgIpc) is 3.26. The van der Waals surface area contributed by atoms with E-state index < -0.39 is 11.1 Å². The fraction of sp³-hybridized carbons (Fsp3) is 0.364. The van der Waals surface area contributed by atoms with E-state index in [0.717, 1.165) is 22.3 Å². The molecule has 0 aliphatic rings. The average molecular weight is 985 g/mol. The highest BCUT2D eigenvalue weighted by molar-refractivity contribution is 7.59. The lowest BCUT2D eigenvalue weighted by Gasteiger charge is -2.33. The Balaban J connectivity index is 0.000000955. The molecule has 61 heavy (non-hydrogen) atoms. The van der Waals surface area contributed by atoms with Crippen LogP contribution in [0.1, 0.15) is 35.1 Å². The van der Waals surface area contributed by atoms with Gasteiger partial charge in [0, 0.05) is 5.88 Å². The maximum Gasteiger partial charge on any atom is 0.203 e. The molecule has 340 valence electrons. The molecule has 0 radical (unpaired) electrons. The Bertz CT molecular complexity index is 1910. The molecule has 3 N–H and O–H groups in total. The van der Waals surface area contributed by atoms with Crippen molar-refractivity contribution in [1.29, 1.82) is 0 Å². The second kappa shape index (κ2) is 29.5. The molecule has 10 nitrogen and oxygen atoms in total. The van der Waals surface area contributed by atoms with Crippen LogP contribution in [0.5, 0.6) is 34.5 Å². The maximum absolute atomic E-state index is 9.53. The summed E-state index contributed by atoms with van der Waals surface area (Å²) in [6.07, 6.45) is 4.87. The lowest BCUT2D eigenvalue weighted by atomic mass is 9.87. The number of methoxy groups -OCH3 is 6. The lowest BCUT2D eigenvalue weighted by Crippen LogP contribution is -2.44. The Kier molecular flexibility index (Phi) is 28.1. The van der Waals surface area contributed by atoms with E-state index in [0.29, 0.717) is 86.5 Å². The number of benzene rings is 4. The predicted octanol–water partition coefficient (Wildman–Crippen LogP) is 10.9. The molecule has 0 saturated heterocycles. The minimum absolute atomic E-state index is 0. The van der Waals surface area contributed by atoms with Gasteiger partial charge in [0.2, 0.25) is 11.5 Å². The second-order valence-corrected chi connectivity index (χ2v) is 14.7. The third-order valence-electron chi connectivity index (χ3n) is 9.38. The summed E-state index contributed by atoms with van der Waals surface area (Å²) >= 11 is 29.9. The number of hydrogen-bond acceptors (Lipinski definition) is 10. The molecule has 0 unspecified atom stereocenters. The normalized spacial score (nSPS) is 12.2. The van der Waals surface area contributed by atoms with Crippen molar-refractivity contribution in [3.8, 4) is 34.5 Å². The number of nitrogens with one attached hydrogen (secondary N) is 2. The summed E-state index contributed by atoms with van der Waals surface area (Å²) in [7, 11) is 13.2. The third kappa shape index (κ3) is 15.7. The van der Waals surface area contributed by atoms with Crippen LogP contribution < -0.4 is 39.1 Å². The van der Waals surface area contributed by atoms with Crippen LogP contribution in [-0.2, 0) is 28.3 Å². The molecule has 0 bridgehead atoms. The van der Waals surface area contributed by atoms with Gasteiger partial charge in [-0.15, -0.1) is 24.8 Å². The van der Waals surface area contributed by atoms with Gasteiger partial charge in [-0.1, -0.05) is 70.7 Å². The number of rotatable bonds is 20. The number of halogens is 5. The van der Waals surface area contributed by atoms with Crippen LogP contribution in [0.4, 0.5) is 0 Å². The van der Waals surface area contributed by atoms with Crippen LogP contribution in [0, 0.1) is 0 Å². The summed E-state index contributed by atoms with van der Waals surface area (Å²) in [6.45, 7) is 8.30. The van der Waals surface area contributed by atoms with Crippen molar-refractivity contribution in [3.05, 3.63) is 128 Å². The molecular formula is C44H59Cl5N2O8S2. The van der Waals surface area contributed by atoms with Crippen molar-refractivity contribution in [3.63, 3.8) is 0 Å². The Morgan fingerprint density at radius 1 is 0.574 bits per heavy atom. The number of ether oxygens (including phenoxy) is 7. The van der Waals surface area contributed by atoms with Crippen molar-refractivity contribution in [2.24, 2.45) is 0 Å². The summed E-state index contributed by atoms with van der Waals surface area (Å²) < 4.78 is 37.7. The van der Waals surface area contributed by atoms with Gasteiger partial charge in [0.1, 0.15) is 0 Å². The molecule has 0 saturated carbocycles. The van der Waals surface area contributed by atoms with E-state index >= 15 is 0 Å². The Morgan fingerprint density at radius 2 is 0.951 bits per heavy atom. The summed E-state index contributed by atoms with van der Waals surface area (Å²) in [5, 5.41) is 18.0. The smallest absolute Gasteiger partial charge is 0.203 e. The number of aliphatic hydroxyl groups is 1. The first-order valence-electron chi connectivity index (χ1n) is 18.1. The fourth-order valence-corrected chi connectivity index (χ4v) is 6.78. The quantitative estimate of drug-likeness (QED) is 0.0585. The molecule has 0 heterocycles. The van der Waals surface area contributed by atoms with Gasteiger partial charge >= 0.3 is 0 Å². The summed E-state index contributed by atoms with van der Waals surface area (Å²) in [4.78, 5) is 0. The standard InChI is InChI=1S/C22H27Cl2NO4.C12H15Cl2NO.C10H13ClO3.2H2S/c1-6-9-22(25-2,16-7-8-17(23)18(24)12-16)14-29-13-15-10-19(26-3)21(28-5)20(11-15)27-4;1-3-6-12(8-16,15-2)9-4-5-10(13)11(14)7-9;1-12-8-4-7(6-11)5-9(13-2)10(8)14-3;;/h6-8,10-12,25H,1,9,13-14H2,2-5H3;3-5,7,15-16H,1,6,8H2,2H3;4-5H,6H2,1-3H3;2*1H2/t22-;12-;;;/m11.../s1. The highest BCUT2D eigenvalue weighted by Crippen LogP contribution is 2.40. The minimum atomic E-state index is -0.546. The number of alkyl halides is 1. The molecule has 0 fully saturated rings. The van der Waals surface area contributed by atoms with Crippen molar-refractivity contribution in [2.45, 2.75) is 36.4 Å². The topological polar surface area (TPSA) is 109 Å². The maximum atomic E-state index is 9.53. The number of hydrogen-bond donors (Lipinski definition) is 3. The van der Waals surface area contributed by atoms with E-state index in [1.807, 2.05) is 55.6 Å². The van der Waals surface area contributed by atoms with Gasteiger partial charge in [-0.25, -0.2) is 0 Å². The number of aliphatic hydroxyl groups excluding tert-OH is 1. The zero-order chi connectivity index (χ0) is 44.2. The fourth-order valence-electron chi connectivity index (χ4n) is 6.03. The van der Waals surface area contributed by atoms with Crippen molar-refractivity contribution in [1.82, 2.24) is 10.6 Å². The Labute approximate surface area is 400 Å². The van der Waals surface area contributed by atoms with Gasteiger partial charge in [-0.05, 0) is 97.7 Å². The Morgan fingerprint density at radius 3 is 1.26 bits per heavy atom. The van der Waals surface area contributed by atoms with E-state index in [1.165, 1.54) is 0 Å². The molecule has 2 atom stereocenters. The van der Waals surface area contributed by atoms with Crippen molar-refractivity contribution < 1.29 is 38.3 Å². The minimum Gasteiger partial charge on any atom is -0.493 e. The highest BCUT2D eigenvalue weighted by Gasteiger charge is 2.31. The zero-order valence-electron chi connectivity index (χ0n) is 35.8. The van der Waals surface area contributed by atoms with Crippen molar-refractivity contribution in [2.75, 3.05) is 70.0 Å². The first kappa shape index (κ1) is 58.1. The van der Waals surface area contributed by atoms with Gasteiger partial charge < -0.3 is 48.9 Å². The van der Waals surface area contributed by atoms with Gasteiger partial charge in [0.25, 0.3) is 0 Å². The molecule has 0 aromatic heterocycles. The molecule has 0 spiro atoms. The largest absolute Gasteiger partial charge is 0.493 e. The van der Waals surface area contributed by atoms with Crippen LogP contribution in [0.2, 0.25) is 20.1 Å². The molecule has 0 amide bonds. The van der Waals surface area contributed by atoms with E-state index in [2.05, 4.69) is 23.8 Å². The van der Waals surface area contributed by atoms with Crippen LogP contribution in [0.25, 0.3) is 0 Å². The van der Waals surface area contributed by atoms with Crippen LogP contribution >= 0.6 is 85.0 Å². The van der Waals surface area contributed by atoms with E-state index in [1.54, 1.807) is 74.0 Å². The molecule has 4 rings (SSSR count). The molecule has 4 aromatic carbocycles. The zero-order valence-corrected chi connectivity index (χ0v) is 41.6. The first-order valence-corrected chi connectivity index (χ1v) is 20.2. The van der Waals surface area contributed by atoms with Gasteiger partial charge in [-0.2, -0.15) is 27.0 Å². The third-order valence-corrected chi connectivity index (χ3v) is 11.2. The Hall–Kier alpha value is -2.85. The molecule has 0 aliphatic heterocycles. The van der Waals surface area contributed by atoms with Crippen LogP contribution in [-0.4, -0.2) is 75.1 Å². The molecule has 4 aromatic rings. The predicted molar refractivity (Wildman–Crippen MR) is 263 cm³/mol. The first-order chi connectivity index (χ1) is 28.3. The number of likely N-dealkylation sites (N-methyl/N-ethyl adjacent to an activating group) is 2. The van der Waals surface area contributed by atoms with Crippen LogP contribution in [0.15, 0.2) is 86.0 Å². The van der Waals surface area contributed by atoms with E-state index in [4.69, 9.17) is 91.2 Å². The summed E-state index contributed by atoms with van der Waals surface area (Å²) in [5.74, 6) is 3.97. The highest BCUT2D eigenvalue weighted by atomic mass is 35.5. The second-order valence-electron chi connectivity index (χ2n) is 12.8. The molecule has 17 heteroatoms. The van der Waals surface area contributed by atoms with Gasteiger partial charge in [0.05, 0.1) is 93.6 Å². The molecule has 0 aliphatic carbocycles. The van der Waals surface area contributed by atoms with E-state index in [9.17, 15) is 5.11 Å². The monoisotopic (exact) mass is 982 g/mol. The van der Waals surface area contributed by atoms with Gasteiger partial charge in [-0.3, -0.25) is 0 Å². The van der Waals surface area contributed by atoms with Crippen LogP contribution in [0.3, 0.4) is 0 Å². The summed E-state index contributed by atoms with van der Waals surface area (Å²) in [5.41, 5.74) is 2.66. The van der Waals surface area contributed by atoms with Crippen molar-refractivity contribution >= 4 is 85.0 Å². The van der Waals surface area contributed by atoms with E-state index in [-0.39, 0.29) is 33.6 Å². The SMILES string of the molecule is C=CC[C@](CO)(NC)c1ccc(Cl)c(Cl)c1.C=CC[C@](COCc1cc(OC)c(OC)c(OC)c1)(NC)c1ccc(Cl)c(Cl)c1.COc1cc(CCl)cc(OC)c1OC.S.S. The van der Waals surface area contributed by atoms with Gasteiger partial charge in [0.15, 0.2) is 23.0 Å². The summed E-state index contributed by atoms with van der Waals surface area (Å²) in [6, 6.07) is 18.3.